The fourth-order valence-corrected chi connectivity index (χ4v) is 3.64. The van der Waals surface area contributed by atoms with Crippen LogP contribution in [0.4, 0.5) is 0 Å². The smallest absolute Gasteiger partial charge is 0.232 e. The standard InChI is InChI=1S/C14H21NO3S2/c1-4-20(17,18)11-12(2)15(3)14(16)10-19-13-8-6-5-7-9-13/h5-9,12H,4,10-11H2,1-3H3/t12-/m1/s1. The molecule has 0 radical (unpaired) electrons. The van der Waals surface area contributed by atoms with E-state index in [9.17, 15) is 13.2 Å². The Labute approximate surface area is 125 Å². The third-order valence-electron chi connectivity index (χ3n) is 3.10. The van der Waals surface area contributed by atoms with Gasteiger partial charge in [-0.25, -0.2) is 8.42 Å². The molecule has 112 valence electrons. The summed E-state index contributed by atoms with van der Waals surface area (Å²) in [6, 6.07) is 9.37. The minimum Gasteiger partial charge on any atom is -0.341 e. The van der Waals surface area contributed by atoms with Gasteiger partial charge < -0.3 is 4.90 Å². The molecule has 0 saturated heterocycles. The Bertz CT molecular complexity index is 529. The normalized spacial score (nSPS) is 12.9. The van der Waals surface area contributed by atoms with Crippen molar-refractivity contribution >= 4 is 27.5 Å². The number of sulfone groups is 1. The Kier molecular flexibility index (Phi) is 6.55. The zero-order chi connectivity index (χ0) is 15.2. The zero-order valence-corrected chi connectivity index (χ0v) is 13.7. The summed E-state index contributed by atoms with van der Waals surface area (Å²) < 4.78 is 23.1. The number of rotatable bonds is 7. The van der Waals surface area contributed by atoms with Crippen LogP contribution >= 0.6 is 11.8 Å². The second-order valence-corrected chi connectivity index (χ2v) is 8.10. The van der Waals surface area contributed by atoms with Gasteiger partial charge >= 0.3 is 0 Å². The second kappa shape index (κ2) is 7.69. The number of amides is 1. The lowest BCUT2D eigenvalue weighted by atomic mass is 10.3. The van der Waals surface area contributed by atoms with Gasteiger partial charge in [0, 0.05) is 23.7 Å². The van der Waals surface area contributed by atoms with Gasteiger partial charge in [0.2, 0.25) is 5.91 Å². The Balaban J connectivity index is 2.50. The molecule has 1 aromatic rings. The van der Waals surface area contributed by atoms with E-state index < -0.39 is 9.84 Å². The molecule has 6 heteroatoms. The quantitative estimate of drug-likeness (QED) is 0.723. The highest BCUT2D eigenvalue weighted by molar-refractivity contribution is 8.00. The molecule has 0 saturated carbocycles. The summed E-state index contributed by atoms with van der Waals surface area (Å²) in [5.41, 5.74) is 0. The summed E-state index contributed by atoms with van der Waals surface area (Å²) in [5, 5.41) is 0. The van der Waals surface area contributed by atoms with Crippen LogP contribution in [-0.4, -0.2) is 49.6 Å². The highest BCUT2D eigenvalue weighted by Crippen LogP contribution is 2.17. The van der Waals surface area contributed by atoms with Crippen molar-refractivity contribution in [2.24, 2.45) is 0 Å². The molecule has 0 bridgehead atoms. The Morgan fingerprint density at radius 1 is 1.30 bits per heavy atom. The van der Waals surface area contributed by atoms with Gasteiger partial charge in [-0.3, -0.25) is 4.79 Å². The molecular weight excluding hydrogens is 294 g/mol. The Morgan fingerprint density at radius 2 is 1.90 bits per heavy atom. The van der Waals surface area contributed by atoms with Crippen molar-refractivity contribution in [3.63, 3.8) is 0 Å². The van der Waals surface area contributed by atoms with Crippen LogP contribution in [0.25, 0.3) is 0 Å². The van der Waals surface area contributed by atoms with E-state index in [0.29, 0.717) is 5.75 Å². The molecule has 4 nitrogen and oxygen atoms in total. The van der Waals surface area contributed by atoms with Gasteiger partial charge in [-0.05, 0) is 19.1 Å². The number of nitrogens with zero attached hydrogens (tertiary/aromatic N) is 1. The Hall–Kier alpha value is -1.01. The van der Waals surface area contributed by atoms with Crippen LogP contribution in [-0.2, 0) is 14.6 Å². The van der Waals surface area contributed by atoms with Crippen LogP contribution in [0.2, 0.25) is 0 Å². The highest BCUT2D eigenvalue weighted by atomic mass is 32.2. The number of thioether (sulfide) groups is 1. The van der Waals surface area contributed by atoms with Gasteiger partial charge in [-0.15, -0.1) is 11.8 Å². The van der Waals surface area contributed by atoms with Gasteiger partial charge in [-0.1, -0.05) is 25.1 Å². The molecule has 0 heterocycles. The van der Waals surface area contributed by atoms with Crippen molar-refractivity contribution in [2.75, 3.05) is 24.3 Å². The number of carbonyl (C=O) groups excluding carboxylic acids is 1. The van der Waals surface area contributed by atoms with E-state index >= 15 is 0 Å². The van der Waals surface area contributed by atoms with Crippen molar-refractivity contribution < 1.29 is 13.2 Å². The summed E-state index contributed by atoms with van der Waals surface area (Å²) in [6.45, 7) is 3.38. The van der Waals surface area contributed by atoms with Crippen molar-refractivity contribution in [1.82, 2.24) is 4.90 Å². The van der Waals surface area contributed by atoms with E-state index in [-0.39, 0.29) is 23.5 Å². The van der Waals surface area contributed by atoms with Crippen LogP contribution in [0, 0.1) is 0 Å². The number of carbonyl (C=O) groups is 1. The van der Waals surface area contributed by atoms with Crippen molar-refractivity contribution in [3.05, 3.63) is 30.3 Å². The van der Waals surface area contributed by atoms with E-state index in [1.165, 1.54) is 16.7 Å². The SMILES string of the molecule is CCS(=O)(=O)C[C@@H](C)N(C)C(=O)CSc1ccccc1. The average molecular weight is 315 g/mol. The molecule has 0 unspecified atom stereocenters. The molecule has 20 heavy (non-hydrogen) atoms. The average Bonchev–Trinajstić information content (AvgIpc) is 2.44. The van der Waals surface area contributed by atoms with Crippen LogP contribution in [0.3, 0.4) is 0 Å². The molecule has 1 aromatic carbocycles. The largest absolute Gasteiger partial charge is 0.341 e. The van der Waals surface area contributed by atoms with Crippen LogP contribution in [0.15, 0.2) is 35.2 Å². The lowest BCUT2D eigenvalue weighted by Crippen LogP contribution is -2.40. The predicted octanol–water partition coefficient (Wildman–Crippen LogP) is 2.06. The molecule has 0 fully saturated rings. The molecule has 1 atom stereocenters. The lowest BCUT2D eigenvalue weighted by Gasteiger charge is -2.24. The van der Waals surface area contributed by atoms with Crippen molar-refractivity contribution in [2.45, 2.75) is 24.8 Å². The zero-order valence-electron chi connectivity index (χ0n) is 12.1. The highest BCUT2D eigenvalue weighted by Gasteiger charge is 2.21. The third-order valence-corrected chi connectivity index (χ3v) is 5.96. The maximum atomic E-state index is 12.0. The first-order valence-corrected chi connectivity index (χ1v) is 9.30. The molecule has 1 rings (SSSR count). The molecule has 0 N–H and O–H groups in total. The molecular formula is C14H21NO3S2. The first-order valence-electron chi connectivity index (χ1n) is 6.49. The Morgan fingerprint density at radius 3 is 2.45 bits per heavy atom. The monoisotopic (exact) mass is 315 g/mol. The minimum absolute atomic E-state index is 0.0156. The fourth-order valence-electron chi connectivity index (χ4n) is 1.61. The second-order valence-electron chi connectivity index (χ2n) is 4.65. The number of hydrogen-bond donors (Lipinski definition) is 0. The topological polar surface area (TPSA) is 54.5 Å². The molecule has 0 aliphatic rings. The predicted molar refractivity (Wildman–Crippen MR) is 83.7 cm³/mol. The van der Waals surface area contributed by atoms with Gasteiger partial charge in [-0.2, -0.15) is 0 Å². The molecule has 0 aliphatic heterocycles. The number of hydrogen-bond acceptors (Lipinski definition) is 4. The molecule has 0 spiro atoms. The van der Waals surface area contributed by atoms with Gasteiger partial charge in [0.1, 0.15) is 0 Å². The van der Waals surface area contributed by atoms with Gasteiger partial charge in [0.25, 0.3) is 0 Å². The van der Waals surface area contributed by atoms with E-state index in [1.807, 2.05) is 30.3 Å². The molecule has 0 aliphatic carbocycles. The van der Waals surface area contributed by atoms with Crippen molar-refractivity contribution in [1.29, 1.82) is 0 Å². The van der Waals surface area contributed by atoms with E-state index in [2.05, 4.69) is 0 Å². The van der Waals surface area contributed by atoms with Crippen LogP contribution in [0.5, 0.6) is 0 Å². The summed E-state index contributed by atoms with van der Waals surface area (Å²) >= 11 is 1.46. The first kappa shape index (κ1) is 17.0. The molecule has 1 amide bonds. The summed E-state index contributed by atoms with van der Waals surface area (Å²) in [4.78, 5) is 14.6. The maximum absolute atomic E-state index is 12.0. The summed E-state index contributed by atoms with van der Waals surface area (Å²) in [7, 11) is -1.41. The summed E-state index contributed by atoms with van der Waals surface area (Å²) in [5.74, 6) is 0.384. The lowest BCUT2D eigenvalue weighted by molar-refractivity contribution is -0.128. The van der Waals surface area contributed by atoms with E-state index in [4.69, 9.17) is 0 Å². The van der Waals surface area contributed by atoms with Crippen molar-refractivity contribution in [3.8, 4) is 0 Å². The van der Waals surface area contributed by atoms with E-state index in [1.54, 1.807) is 20.9 Å². The third kappa shape index (κ3) is 5.54. The van der Waals surface area contributed by atoms with Gasteiger partial charge in [0.05, 0.1) is 11.5 Å². The summed E-state index contributed by atoms with van der Waals surface area (Å²) in [6.07, 6.45) is 0. The minimum atomic E-state index is -3.07. The van der Waals surface area contributed by atoms with Gasteiger partial charge in [0.15, 0.2) is 9.84 Å². The first-order chi connectivity index (χ1) is 9.35. The fraction of sp³-hybridized carbons (Fsp3) is 0.500. The maximum Gasteiger partial charge on any atom is 0.232 e. The number of benzene rings is 1. The van der Waals surface area contributed by atoms with Crippen LogP contribution < -0.4 is 0 Å². The van der Waals surface area contributed by atoms with Crippen LogP contribution in [0.1, 0.15) is 13.8 Å². The molecule has 0 aromatic heterocycles. The van der Waals surface area contributed by atoms with E-state index in [0.717, 1.165) is 4.90 Å².